The highest BCUT2D eigenvalue weighted by Gasteiger charge is 2.22. The van der Waals surface area contributed by atoms with E-state index >= 15 is 0 Å². The van der Waals surface area contributed by atoms with E-state index in [0.717, 1.165) is 19.3 Å². The number of aliphatic hydroxyl groups is 1. The van der Waals surface area contributed by atoms with Gasteiger partial charge in [0.1, 0.15) is 5.82 Å². The lowest BCUT2D eigenvalue weighted by molar-refractivity contribution is 0.100. The molecule has 1 fully saturated rings. The van der Waals surface area contributed by atoms with Crippen LogP contribution in [0.15, 0.2) is 6.20 Å². The summed E-state index contributed by atoms with van der Waals surface area (Å²) in [5.41, 5.74) is 5.39. The number of rotatable bonds is 4. The zero-order valence-electron chi connectivity index (χ0n) is 13.4. The summed E-state index contributed by atoms with van der Waals surface area (Å²) < 4.78 is 0. The third-order valence-electron chi connectivity index (χ3n) is 3.53. The lowest BCUT2D eigenvalue weighted by atomic mass is 9.93. The van der Waals surface area contributed by atoms with Crippen LogP contribution < -0.4 is 16.4 Å². The predicted octanol–water partition coefficient (Wildman–Crippen LogP) is 1.50. The summed E-state index contributed by atoms with van der Waals surface area (Å²) >= 11 is 0. The third kappa shape index (κ3) is 4.56. The van der Waals surface area contributed by atoms with Crippen LogP contribution in [0.4, 0.5) is 11.8 Å². The number of hydrogen-bond donors (Lipinski definition) is 4. The summed E-state index contributed by atoms with van der Waals surface area (Å²) in [6.45, 7) is 5.93. The highest BCUT2D eigenvalue weighted by Crippen LogP contribution is 2.23. The minimum absolute atomic E-state index is 0.144. The zero-order chi connectivity index (χ0) is 16.3. The van der Waals surface area contributed by atoms with E-state index in [1.54, 1.807) is 0 Å². The van der Waals surface area contributed by atoms with Crippen molar-refractivity contribution in [1.82, 2.24) is 9.97 Å². The Morgan fingerprint density at radius 1 is 1.41 bits per heavy atom. The first-order valence-electron chi connectivity index (χ1n) is 7.64. The summed E-state index contributed by atoms with van der Waals surface area (Å²) in [6, 6.07) is 0.144. The Labute approximate surface area is 130 Å². The van der Waals surface area contributed by atoms with Gasteiger partial charge in [-0.3, -0.25) is 4.79 Å². The molecule has 1 amide bonds. The molecule has 0 spiro atoms. The van der Waals surface area contributed by atoms with Gasteiger partial charge in [0.15, 0.2) is 0 Å². The molecule has 0 bridgehead atoms. The molecule has 0 saturated heterocycles. The summed E-state index contributed by atoms with van der Waals surface area (Å²) in [6.07, 6.45) is 4.64. The topological polar surface area (TPSA) is 113 Å². The number of hydrogen-bond acceptors (Lipinski definition) is 6. The van der Waals surface area contributed by atoms with Gasteiger partial charge in [-0.2, -0.15) is 4.98 Å². The van der Waals surface area contributed by atoms with Gasteiger partial charge in [0.2, 0.25) is 5.95 Å². The van der Waals surface area contributed by atoms with Gasteiger partial charge in [-0.15, -0.1) is 0 Å². The van der Waals surface area contributed by atoms with Gasteiger partial charge >= 0.3 is 0 Å². The molecule has 1 saturated carbocycles. The van der Waals surface area contributed by atoms with Crippen LogP contribution in [0, 0.1) is 0 Å². The SMILES string of the molecule is CC(C)(C)Nc1nc(NC2CCC[C@H](O)C2)ncc1C(N)=O. The average Bonchev–Trinajstić information content (AvgIpc) is 2.36. The Morgan fingerprint density at radius 3 is 2.73 bits per heavy atom. The van der Waals surface area contributed by atoms with Gasteiger partial charge in [0, 0.05) is 17.8 Å². The smallest absolute Gasteiger partial charge is 0.254 e. The van der Waals surface area contributed by atoms with E-state index in [0.29, 0.717) is 18.2 Å². The highest BCUT2D eigenvalue weighted by atomic mass is 16.3. The van der Waals surface area contributed by atoms with E-state index in [2.05, 4.69) is 20.6 Å². The van der Waals surface area contributed by atoms with Crippen LogP contribution in [0.25, 0.3) is 0 Å². The predicted molar refractivity (Wildman–Crippen MR) is 85.8 cm³/mol. The maximum absolute atomic E-state index is 11.5. The number of nitrogens with zero attached hydrogens (tertiary/aromatic N) is 2. The van der Waals surface area contributed by atoms with Crippen molar-refractivity contribution in [2.75, 3.05) is 10.6 Å². The number of carbonyl (C=O) groups excluding carboxylic acids is 1. The maximum atomic E-state index is 11.5. The van der Waals surface area contributed by atoms with Crippen LogP contribution in [-0.2, 0) is 0 Å². The minimum Gasteiger partial charge on any atom is -0.393 e. The molecule has 22 heavy (non-hydrogen) atoms. The third-order valence-corrected chi connectivity index (χ3v) is 3.53. The Morgan fingerprint density at radius 2 is 2.14 bits per heavy atom. The largest absolute Gasteiger partial charge is 0.393 e. The van der Waals surface area contributed by atoms with Crippen LogP contribution in [0.5, 0.6) is 0 Å². The van der Waals surface area contributed by atoms with Gasteiger partial charge < -0.3 is 21.5 Å². The molecule has 1 unspecified atom stereocenters. The fourth-order valence-electron chi connectivity index (χ4n) is 2.56. The van der Waals surface area contributed by atoms with E-state index < -0.39 is 5.91 Å². The first-order valence-corrected chi connectivity index (χ1v) is 7.64. The molecule has 7 heteroatoms. The molecule has 122 valence electrons. The van der Waals surface area contributed by atoms with Crippen molar-refractivity contribution in [2.24, 2.45) is 5.73 Å². The molecule has 5 N–H and O–H groups in total. The van der Waals surface area contributed by atoms with Gasteiger partial charge in [-0.1, -0.05) is 0 Å². The number of nitrogens with one attached hydrogen (secondary N) is 2. The lowest BCUT2D eigenvalue weighted by Gasteiger charge is -2.27. The monoisotopic (exact) mass is 307 g/mol. The molecule has 1 aliphatic carbocycles. The number of primary amides is 1. The second-order valence-electron chi connectivity index (χ2n) is 6.86. The normalized spacial score (nSPS) is 22.2. The summed E-state index contributed by atoms with van der Waals surface area (Å²) in [7, 11) is 0. The van der Waals surface area contributed by atoms with Crippen molar-refractivity contribution < 1.29 is 9.90 Å². The Balaban J connectivity index is 2.18. The van der Waals surface area contributed by atoms with Gasteiger partial charge in [-0.25, -0.2) is 4.98 Å². The molecule has 2 rings (SSSR count). The van der Waals surface area contributed by atoms with E-state index in [-0.39, 0.29) is 23.2 Å². The van der Waals surface area contributed by atoms with E-state index in [4.69, 9.17) is 5.73 Å². The molecule has 0 aliphatic heterocycles. The van der Waals surface area contributed by atoms with Crippen molar-refractivity contribution in [3.63, 3.8) is 0 Å². The molecule has 0 radical (unpaired) electrons. The van der Waals surface area contributed by atoms with Crippen LogP contribution in [-0.4, -0.2) is 38.7 Å². The molecular weight excluding hydrogens is 282 g/mol. The van der Waals surface area contributed by atoms with Crippen LogP contribution in [0.3, 0.4) is 0 Å². The minimum atomic E-state index is -0.564. The standard InChI is InChI=1S/C15H25N5O2/c1-15(2,3)20-13-11(12(16)22)8-17-14(19-13)18-9-5-4-6-10(21)7-9/h8-10,21H,4-7H2,1-3H3,(H2,16,22)(H2,17,18,19,20)/t9?,10-/m0/s1. The summed E-state index contributed by atoms with van der Waals surface area (Å²) in [4.78, 5) is 20.0. The second kappa shape index (κ2) is 6.48. The number of aliphatic hydroxyl groups excluding tert-OH is 1. The lowest BCUT2D eigenvalue weighted by Crippen LogP contribution is -2.32. The molecular formula is C15H25N5O2. The van der Waals surface area contributed by atoms with Crippen LogP contribution >= 0.6 is 0 Å². The van der Waals surface area contributed by atoms with Gasteiger partial charge in [-0.05, 0) is 46.5 Å². The highest BCUT2D eigenvalue weighted by molar-refractivity contribution is 5.97. The molecule has 0 aromatic carbocycles. The number of nitrogens with two attached hydrogens (primary N) is 1. The molecule has 1 aliphatic rings. The summed E-state index contributed by atoms with van der Waals surface area (Å²) in [5, 5.41) is 16.1. The van der Waals surface area contributed by atoms with Crippen molar-refractivity contribution >= 4 is 17.7 Å². The number of carbonyl (C=O) groups is 1. The van der Waals surface area contributed by atoms with E-state index in [9.17, 15) is 9.90 Å². The van der Waals surface area contributed by atoms with Crippen molar-refractivity contribution in [2.45, 2.75) is 64.1 Å². The first-order chi connectivity index (χ1) is 10.2. The van der Waals surface area contributed by atoms with Gasteiger partial charge in [0.05, 0.1) is 11.7 Å². The van der Waals surface area contributed by atoms with Crippen molar-refractivity contribution in [3.8, 4) is 0 Å². The second-order valence-corrected chi connectivity index (χ2v) is 6.86. The summed E-state index contributed by atoms with van der Waals surface area (Å²) in [5.74, 6) is 0.302. The zero-order valence-corrected chi connectivity index (χ0v) is 13.4. The molecule has 1 heterocycles. The first kappa shape index (κ1) is 16.5. The van der Waals surface area contributed by atoms with Gasteiger partial charge in [0.25, 0.3) is 5.91 Å². The Kier molecular flexibility index (Phi) is 4.85. The molecule has 7 nitrogen and oxygen atoms in total. The average molecular weight is 307 g/mol. The Bertz CT molecular complexity index is 541. The fourth-order valence-corrected chi connectivity index (χ4v) is 2.56. The molecule has 1 aromatic rings. The van der Waals surface area contributed by atoms with E-state index in [1.807, 2.05) is 20.8 Å². The molecule has 1 aromatic heterocycles. The quantitative estimate of drug-likeness (QED) is 0.670. The Hall–Kier alpha value is -1.89. The molecule has 2 atom stereocenters. The van der Waals surface area contributed by atoms with Crippen molar-refractivity contribution in [3.05, 3.63) is 11.8 Å². The van der Waals surface area contributed by atoms with Crippen LogP contribution in [0.1, 0.15) is 56.8 Å². The number of amides is 1. The number of anilines is 2. The maximum Gasteiger partial charge on any atom is 0.254 e. The number of aromatic nitrogens is 2. The van der Waals surface area contributed by atoms with E-state index in [1.165, 1.54) is 6.20 Å². The van der Waals surface area contributed by atoms with Crippen LogP contribution in [0.2, 0.25) is 0 Å². The van der Waals surface area contributed by atoms with Crippen molar-refractivity contribution in [1.29, 1.82) is 0 Å². The fraction of sp³-hybridized carbons (Fsp3) is 0.667.